The Bertz CT molecular complexity index is 954. The minimum atomic E-state index is -3.69. The predicted octanol–water partition coefficient (Wildman–Crippen LogP) is 3.62. The van der Waals surface area contributed by atoms with Gasteiger partial charge in [-0.1, -0.05) is 30.3 Å². The molecular weight excluding hydrogens is 400 g/mol. The Balaban J connectivity index is 1.74. The second-order valence-corrected chi connectivity index (χ2v) is 9.51. The molecule has 0 unspecified atom stereocenters. The molecule has 1 fully saturated rings. The molecule has 1 aliphatic heterocycles. The van der Waals surface area contributed by atoms with Gasteiger partial charge in [-0.05, 0) is 63.3 Å². The number of rotatable bonds is 9. The number of carbonyl (C=O) groups is 1. The van der Waals surface area contributed by atoms with Crippen LogP contribution >= 0.6 is 0 Å². The van der Waals surface area contributed by atoms with E-state index < -0.39 is 10.0 Å². The van der Waals surface area contributed by atoms with Crippen LogP contribution in [0, 0.1) is 0 Å². The van der Waals surface area contributed by atoms with Gasteiger partial charge in [-0.2, -0.15) is 4.31 Å². The molecule has 0 saturated carbocycles. The van der Waals surface area contributed by atoms with Crippen LogP contribution in [0.1, 0.15) is 49.0 Å². The van der Waals surface area contributed by atoms with Crippen molar-refractivity contribution in [3.63, 3.8) is 0 Å². The third kappa shape index (κ3) is 5.40. The normalized spacial score (nSPS) is 15.7. The summed E-state index contributed by atoms with van der Waals surface area (Å²) in [6.45, 7) is 5.12. The molecule has 2 aromatic rings. The quantitative estimate of drug-likeness (QED) is 0.659. The molecule has 1 saturated heterocycles. The van der Waals surface area contributed by atoms with Gasteiger partial charge in [0.05, 0.1) is 6.61 Å². The third-order valence-electron chi connectivity index (χ3n) is 5.27. The molecular formula is C23H30N2O4S. The summed E-state index contributed by atoms with van der Waals surface area (Å²) in [6.07, 6.45) is 3.36. The largest absolute Gasteiger partial charge is 0.492 e. The predicted molar refractivity (Wildman–Crippen MR) is 117 cm³/mol. The molecule has 0 aromatic heterocycles. The highest BCUT2D eigenvalue weighted by Gasteiger charge is 2.31. The molecule has 2 aromatic carbocycles. The zero-order valence-corrected chi connectivity index (χ0v) is 18.5. The van der Waals surface area contributed by atoms with E-state index in [-0.39, 0.29) is 22.6 Å². The number of nitrogens with zero attached hydrogens (tertiary/aromatic N) is 1. The fourth-order valence-corrected chi connectivity index (χ4v) is 5.27. The molecule has 1 atom stereocenters. The van der Waals surface area contributed by atoms with E-state index in [1.165, 1.54) is 15.9 Å². The van der Waals surface area contributed by atoms with Crippen molar-refractivity contribution >= 4 is 15.9 Å². The van der Waals surface area contributed by atoms with Crippen LogP contribution in [0.3, 0.4) is 0 Å². The van der Waals surface area contributed by atoms with Gasteiger partial charge < -0.3 is 10.1 Å². The molecule has 0 aliphatic carbocycles. The van der Waals surface area contributed by atoms with Gasteiger partial charge in [-0.25, -0.2) is 8.42 Å². The van der Waals surface area contributed by atoms with Crippen molar-refractivity contribution in [2.75, 3.05) is 19.7 Å². The molecule has 0 spiro atoms. The number of aryl methyl sites for hydroxylation is 1. The summed E-state index contributed by atoms with van der Waals surface area (Å²) in [7, 11) is -3.69. The first-order valence-corrected chi connectivity index (χ1v) is 12.0. The van der Waals surface area contributed by atoms with Gasteiger partial charge in [-0.3, -0.25) is 4.79 Å². The van der Waals surface area contributed by atoms with E-state index in [0.717, 1.165) is 25.7 Å². The fourth-order valence-electron chi connectivity index (χ4n) is 3.60. The van der Waals surface area contributed by atoms with Gasteiger partial charge in [0.25, 0.3) is 5.91 Å². The van der Waals surface area contributed by atoms with Gasteiger partial charge in [0, 0.05) is 24.7 Å². The highest BCUT2D eigenvalue weighted by Crippen LogP contribution is 2.30. The highest BCUT2D eigenvalue weighted by molar-refractivity contribution is 7.89. The SMILES string of the molecule is CCOc1ccc(C(=O)N[C@@H](C)CCc2ccccc2)cc1S(=O)(=O)N1CCCC1. The van der Waals surface area contributed by atoms with Crippen LogP contribution in [0.4, 0.5) is 0 Å². The first-order valence-electron chi connectivity index (χ1n) is 10.5. The zero-order chi connectivity index (χ0) is 21.6. The molecule has 30 heavy (non-hydrogen) atoms. The third-order valence-corrected chi connectivity index (χ3v) is 7.19. The van der Waals surface area contributed by atoms with E-state index in [1.54, 1.807) is 19.1 Å². The van der Waals surface area contributed by atoms with Crippen LogP contribution in [0.5, 0.6) is 5.75 Å². The number of benzene rings is 2. The number of nitrogens with one attached hydrogen (secondary N) is 1. The first-order chi connectivity index (χ1) is 14.4. The summed E-state index contributed by atoms with van der Waals surface area (Å²) in [6, 6.07) is 14.7. The monoisotopic (exact) mass is 430 g/mol. The lowest BCUT2D eigenvalue weighted by Crippen LogP contribution is -2.33. The highest BCUT2D eigenvalue weighted by atomic mass is 32.2. The average Bonchev–Trinajstić information content (AvgIpc) is 3.29. The van der Waals surface area contributed by atoms with Crippen molar-refractivity contribution in [2.45, 2.75) is 50.5 Å². The van der Waals surface area contributed by atoms with Gasteiger partial charge in [0.1, 0.15) is 10.6 Å². The molecule has 3 rings (SSSR count). The minimum Gasteiger partial charge on any atom is -0.492 e. The molecule has 6 nitrogen and oxygen atoms in total. The summed E-state index contributed by atoms with van der Waals surface area (Å²) >= 11 is 0. The lowest BCUT2D eigenvalue weighted by molar-refractivity contribution is 0.0938. The summed E-state index contributed by atoms with van der Waals surface area (Å²) < 4.78 is 33.2. The Hall–Kier alpha value is -2.38. The second-order valence-electron chi connectivity index (χ2n) is 7.60. The van der Waals surface area contributed by atoms with Crippen molar-refractivity contribution in [3.8, 4) is 5.75 Å². The Morgan fingerprint density at radius 2 is 1.83 bits per heavy atom. The fraction of sp³-hybridized carbons (Fsp3) is 0.435. The first kappa shape index (κ1) is 22.3. The van der Waals surface area contributed by atoms with Gasteiger partial charge in [0.15, 0.2) is 0 Å². The number of sulfonamides is 1. The van der Waals surface area contributed by atoms with Gasteiger partial charge >= 0.3 is 0 Å². The number of ether oxygens (including phenoxy) is 1. The van der Waals surface area contributed by atoms with Crippen LogP contribution in [-0.4, -0.2) is 44.4 Å². The summed E-state index contributed by atoms with van der Waals surface area (Å²) in [5.74, 6) is 0.00885. The maximum Gasteiger partial charge on any atom is 0.251 e. The minimum absolute atomic E-state index is 0.0390. The summed E-state index contributed by atoms with van der Waals surface area (Å²) in [5.41, 5.74) is 1.54. The van der Waals surface area contributed by atoms with Crippen molar-refractivity contribution in [1.29, 1.82) is 0 Å². The van der Waals surface area contributed by atoms with E-state index in [4.69, 9.17) is 4.74 Å². The van der Waals surface area contributed by atoms with E-state index in [2.05, 4.69) is 17.4 Å². The van der Waals surface area contributed by atoms with Gasteiger partial charge in [0.2, 0.25) is 10.0 Å². The summed E-state index contributed by atoms with van der Waals surface area (Å²) in [4.78, 5) is 12.8. The zero-order valence-electron chi connectivity index (χ0n) is 17.6. The Morgan fingerprint density at radius 1 is 1.13 bits per heavy atom. The molecule has 1 N–H and O–H groups in total. The van der Waals surface area contributed by atoms with E-state index in [9.17, 15) is 13.2 Å². The lowest BCUT2D eigenvalue weighted by atomic mass is 10.1. The van der Waals surface area contributed by atoms with Crippen molar-refractivity contribution in [1.82, 2.24) is 9.62 Å². The van der Waals surface area contributed by atoms with Crippen molar-refractivity contribution in [2.24, 2.45) is 0 Å². The number of carbonyl (C=O) groups excluding carboxylic acids is 1. The molecule has 162 valence electrons. The van der Waals surface area contributed by atoms with Crippen molar-refractivity contribution < 1.29 is 17.9 Å². The Labute approximate surface area is 179 Å². The van der Waals surface area contributed by atoms with Crippen LogP contribution in [0.25, 0.3) is 0 Å². The number of hydrogen-bond acceptors (Lipinski definition) is 4. The van der Waals surface area contributed by atoms with Crippen LogP contribution < -0.4 is 10.1 Å². The maximum atomic E-state index is 13.1. The average molecular weight is 431 g/mol. The van der Waals surface area contributed by atoms with E-state index >= 15 is 0 Å². The van der Waals surface area contributed by atoms with Crippen LogP contribution in [-0.2, 0) is 16.4 Å². The standard InChI is InChI=1S/C23H30N2O4S/c1-3-29-21-14-13-20(17-22(21)30(27,28)25-15-7-8-16-25)23(26)24-18(2)11-12-19-9-5-4-6-10-19/h4-6,9-10,13-14,17-18H,3,7-8,11-12,15-16H2,1-2H3,(H,24,26)/t18-/m0/s1. The van der Waals surface area contributed by atoms with Crippen molar-refractivity contribution in [3.05, 3.63) is 59.7 Å². The molecule has 0 radical (unpaired) electrons. The van der Waals surface area contributed by atoms with Gasteiger partial charge in [-0.15, -0.1) is 0 Å². The number of amides is 1. The van der Waals surface area contributed by atoms with E-state index in [0.29, 0.717) is 25.3 Å². The number of hydrogen-bond donors (Lipinski definition) is 1. The summed E-state index contributed by atoms with van der Waals surface area (Å²) in [5, 5.41) is 2.98. The Kier molecular flexibility index (Phi) is 7.50. The molecule has 1 amide bonds. The van der Waals surface area contributed by atoms with E-state index in [1.807, 2.05) is 25.1 Å². The molecule has 1 aliphatic rings. The van der Waals surface area contributed by atoms with Crippen LogP contribution in [0.15, 0.2) is 53.4 Å². The smallest absolute Gasteiger partial charge is 0.251 e. The topological polar surface area (TPSA) is 75.7 Å². The lowest BCUT2D eigenvalue weighted by Gasteiger charge is -2.19. The molecule has 1 heterocycles. The maximum absolute atomic E-state index is 13.1. The molecule has 7 heteroatoms. The Morgan fingerprint density at radius 3 is 2.50 bits per heavy atom. The second kappa shape index (κ2) is 10.1. The van der Waals surface area contributed by atoms with Crippen LogP contribution in [0.2, 0.25) is 0 Å². The molecule has 0 bridgehead atoms.